The van der Waals surface area contributed by atoms with Crippen LogP contribution in [0.15, 0.2) is 30.3 Å². The molecule has 0 saturated carbocycles. The monoisotopic (exact) mass is 258 g/mol. The number of rotatable bonds is 1. The Kier molecular flexibility index (Phi) is 2.81. The molecule has 1 atom stereocenters. The molecule has 2 saturated heterocycles. The summed E-state index contributed by atoms with van der Waals surface area (Å²) in [5, 5.41) is 3.02. The number of hydrogen-bond donors (Lipinski definition) is 1. The second kappa shape index (κ2) is 4.37. The first kappa shape index (κ1) is 12.2. The van der Waals surface area contributed by atoms with Crippen molar-refractivity contribution in [2.75, 3.05) is 13.1 Å². The lowest BCUT2D eigenvalue weighted by molar-refractivity contribution is -0.154. The van der Waals surface area contributed by atoms with Gasteiger partial charge in [0.25, 0.3) is 0 Å². The SMILES string of the molecule is CC(=O)N1CCC2(CC1)C(=O)N[C@H]2c1ccccc1. The minimum Gasteiger partial charge on any atom is -0.348 e. The number of nitrogens with zero attached hydrogens (tertiary/aromatic N) is 1. The molecule has 2 fully saturated rings. The van der Waals surface area contributed by atoms with E-state index in [9.17, 15) is 9.59 Å². The fraction of sp³-hybridized carbons (Fsp3) is 0.467. The number of likely N-dealkylation sites (tertiary alicyclic amines) is 1. The quantitative estimate of drug-likeness (QED) is 0.776. The number of amides is 2. The van der Waals surface area contributed by atoms with Crippen LogP contribution in [-0.2, 0) is 9.59 Å². The van der Waals surface area contributed by atoms with Crippen LogP contribution in [0.5, 0.6) is 0 Å². The van der Waals surface area contributed by atoms with Crippen molar-refractivity contribution in [2.24, 2.45) is 5.41 Å². The van der Waals surface area contributed by atoms with Gasteiger partial charge in [-0.2, -0.15) is 0 Å². The maximum Gasteiger partial charge on any atom is 0.229 e. The van der Waals surface area contributed by atoms with E-state index in [1.165, 1.54) is 5.56 Å². The molecule has 0 aliphatic carbocycles. The average molecular weight is 258 g/mol. The highest BCUT2D eigenvalue weighted by Gasteiger charge is 2.56. The number of benzene rings is 1. The maximum absolute atomic E-state index is 12.1. The van der Waals surface area contributed by atoms with Gasteiger partial charge >= 0.3 is 0 Å². The van der Waals surface area contributed by atoms with Gasteiger partial charge in [0.15, 0.2) is 0 Å². The summed E-state index contributed by atoms with van der Waals surface area (Å²) in [5.74, 6) is 0.246. The highest BCUT2D eigenvalue weighted by Crippen LogP contribution is 2.49. The summed E-state index contributed by atoms with van der Waals surface area (Å²) in [6.07, 6.45) is 1.52. The standard InChI is InChI=1S/C15H18N2O2/c1-11(18)17-9-7-15(8-10-17)13(16-14(15)19)12-5-3-2-4-6-12/h2-6,13H,7-10H2,1H3,(H,16,19)/t13-/m0/s1. The summed E-state index contributed by atoms with van der Waals surface area (Å²) < 4.78 is 0. The fourth-order valence-corrected chi connectivity index (χ4v) is 3.25. The molecule has 4 heteroatoms. The molecule has 0 bridgehead atoms. The first-order valence-corrected chi connectivity index (χ1v) is 6.75. The van der Waals surface area contributed by atoms with E-state index in [0.717, 1.165) is 12.8 Å². The van der Waals surface area contributed by atoms with E-state index in [1.807, 2.05) is 23.1 Å². The van der Waals surface area contributed by atoms with Gasteiger partial charge in [-0.3, -0.25) is 9.59 Å². The van der Waals surface area contributed by atoms with Crippen molar-refractivity contribution in [1.82, 2.24) is 10.2 Å². The summed E-state index contributed by atoms with van der Waals surface area (Å²) in [7, 11) is 0. The zero-order chi connectivity index (χ0) is 13.5. The lowest BCUT2D eigenvalue weighted by Gasteiger charge is -2.52. The maximum atomic E-state index is 12.1. The van der Waals surface area contributed by atoms with E-state index in [-0.39, 0.29) is 23.3 Å². The van der Waals surface area contributed by atoms with Gasteiger partial charge in [-0.15, -0.1) is 0 Å². The molecule has 0 unspecified atom stereocenters. The number of carbonyl (C=O) groups excluding carboxylic acids is 2. The van der Waals surface area contributed by atoms with Crippen LogP contribution in [0.1, 0.15) is 31.4 Å². The topological polar surface area (TPSA) is 49.4 Å². The number of piperidine rings is 1. The van der Waals surface area contributed by atoms with Gasteiger partial charge in [-0.25, -0.2) is 0 Å². The number of carbonyl (C=O) groups is 2. The summed E-state index contributed by atoms with van der Waals surface area (Å²) in [5.41, 5.74) is 0.867. The van der Waals surface area contributed by atoms with Crippen LogP contribution >= 0.6 is 0 Å². The number of hydrogen-bond acceptors (Lipinski definition) is 2. The zero-order valence-corrected chi connectivity index (χ0v) is 11.1. The van der Waals surface area contributed by atoms with E-state index in [0.29, 0.717) is 13.1 Å². The predicted molar refractivity (Wildman–Crippen MR) is 71.2 cm³/mol. The molecule has 2 aliphatic heterocycles. The number of nitrogens with one attached hydrogen (secondary N) is 1. The van der Waals surface area contributed by atoms with Crippen LogP contribution < -0.4 is 5.32 Å². The van der Waals surface area contributed by atoms with Crippen molar-refractivity contribution in [3.8, 4) is 0 Å². The van der Waals surface area contributed by atoms with E-state index < -0.39 is 0 Å². The molecule has 0 radical (unpaired) electrons. The molecule has 100 valence electrons. The van der Waals surface area contributed by atoms with Crippen molar-refractivity contribution in [1.29, 1.82) is 0 Å². The summed E-state index contributed by atoms with van der Waals surface area (Å²) >= 11 is 0. The lowest BCUT2D eigenvalue weighted by atomic mass is 9.64. The Balaban J connectivity index is 1.80. The normalized spacial score (nSPS) is 24.8. The highest BCUT2D eigenvalue weighted by molar-refractivity contribution is 5.91. The Morgan fingerprint density at radius 2 is 1.89 bits per heavy atom. The molecule has 1 aromatic rings. The third-order valence-electron chi connectivity index (χ3n) is 4.51. The summed E-state index contributed by atoms with van der Waals surface area (Å²) in [6, 6.07) is 10.2. The Labute approximate surface area is 112 Å². The van der Waals surface area contributed by atoms with Gasteiger partial charge in [-0.1, -0.05) is 30.3 Å². The second-order valence-electron chi connectivity index (χ2n) is 5.48. The highest BCUT2D eigenvalue weighted by atomic mass is 16.2. The Morgan fingerprint density at radius 3 is 2.42 bits per heavy atom. The fourth-order valence-electron chi connectivity index (χ4n) is 3.25. The van der Waals surface area contributed by atoms with Crippen LogP contribution in [0.3, 0.4) is 0 Å². The molecule has 1 aromatic carbocycles. The van der Waals surface area contributed by atoms with Crippen molar-refractivity contribution < 1.29 is 9.59 Å². The van der Waals surface area contributed by atoms with Gasteiger partial charge in [0, 0.05) is 20.0 Å². The van der Waals surface area contributed by atoms with Crippen LogP contribution in [0, 0.1) is 5.41 Å². The molecule has 0 aromatic heterocycles. The van der Waals surface area contributed by atoms with Crippen LogP contribution in [0.4, 0.5) is 0 Å². The zero-order valence-electron chi connectivity index (χ0n) is 11.1. The smallest absolute Gasteiger partial charge is 0.229 e. The first-order chi connectivity index (χ1) is 9.13. The molecule has 2 aliphatic rings. The van der Waals surface area contributed by atoms with E-state index in [1.54, 1.807) is 6.92 Å². The average Bonchev–Trinajstić information content (AvgIpc) is 2.45. The van der Waals surface area contributed by atoms with Gasteiger partial charge in [0.2, 0.25) is 11.8 Å². The lowest BCUT2D eigenvalue weighted by Crippen LogP contribution is -2.64. The summed E-state index contributed by atoms with van der Waals surface area (Å²) in [6.45, 7) is 2.96. The molecule has 1 spiro atoms. The van der Waals surface area contributed by atoms with Gasteiger partial charge < -0.3 is 10.2 Å². The van der Waals surface area contributed by atoms with E-state index >= 15 is 0 Å². The largest absolute Gasteiger partial charge is 0.348 e. The third kappa shape index (κ3) is 1.82. The minimum atomic E-state index is -0.298. The molecule has 1 N–H and O–H groups in total. The van der Waals surface area contributed by atoms with Crippen molar-refractivity contribution in [2.45, 2.75) is 25.8 Å². The molecular weight excluding hydrogens is 240 g/mol. The minimum absolute atomic E-state index is 0.103. The van der Waals surface area contributed by atoms with Crippen LogP contribution in [-0.4, -0.2) is 29.8 Å². The Bertz CT molecular complexity index is 504. The Hall–Kier alpha value is -1.84. The van der Waals surface area contributed by atoms with Gasteiger partial charge in [-0.05, 0) is 18.4 Å². The predicted octanol–water partition coefficient (Wildman–Crippen LogP) is 1.49. The third-order valence-corrected chi connectivity index (χ3v) is 4.51. The molecule has 19 heavy (non-hydrogen) atoms. The first-order valence-electron chi connectivity index (χ1n) is 6.75. The van der Waals surface area contributed by atoms with Gasteiger partial charge in [0.05, 0.1) is 11.5 Å². The van der Waals surface area contributed by atoms with Crippen molar-refractivity contribution in [3.05, 3.63) is 35.9 Å². The van der Waals surface area contributed by atoms with E-state index in [4.69, 9.17) is 0 Å². The molecule has 3 rings (SSSR count). The van der Waals surface area contributed by atoms with Crippen molar-refractivity contribution >= 4 is 11.8 Å². The van der Waals surface area contributed by atoms with Crippen molar-refractivity contribution in [3.63, 3.8) is 0 Å². The van der Waals surface area contributed by atoms with E-state index in [2.05, 4.69) is 17.4 Å². The molecular formula is C15H18N2O2. The van der Waals surface area contributed by atoms with Crippen LogP contribution in [0.2, 0.25) is 0 Å². The van der Waals surface area contributed by atoms with Crippen LogP contribution in [0.25, 0.3) is 0 Å². The second-order valence-corrected chi connectivity index (χ2v) is 5.48. The molecule has 2 amide bonds. The number of β-lactam (4-membered cyclic amide) rings is 1. The molecule has 4 nitrogen and oxygen atoms in total. The molecule has 2 heterocycles. The Morgan fingerprint density at radius 1 is 1.26 bits per heavy atom. The van der Waals surface area contributed by atoms with Gasteiger partial charge in [0.1, 0.15) is 0 Å². The summed E-state index contributed by atoms with van der Waals surface area (Å²) in [4.78, 5) is 25.3.